The molecule has 0 saturated carbocycles. The molecule has 1 N–H and O–H groups in total. The molecule has 1 aromatic carbocycles. The van der Waals surface area contributed by atoms with E-state index in [1.165, 1.54) is 10.8 Å². The van der Waals surface area contributed by atoms with Gasteiger partial charge in [-0.1, -0.05) is 11.6 Å². The Labute approximate surface area is 163 Å². The van der Waals surface area contributed by atoms with E-state index in [1.54, 1.807) is 49.3 Å². The fourth-order valence-corrected chi connectivity index (χ4v) is 2.96. The van der Waals surface area contributed by atoms with Crippen molar-refractivity contribution in [3.05, 3.63) is 52.0 Å². The largest absolute Gasteiger partial charge is 0.361 e. The van der Waals surface area contributed by atoms with Crippen molar-refractivity contribution < 1.29 is 4.79 Å². The summed E-state index contributed by atoms with van der Waals surface area (Å²) in [6.45, 7) is -0.264. The van der Waals surface area contributed by atoms with Crippen molar-refractivity contribution in [3.63, 3.8) is 0 Å². The zero-order chi connectivity index (χ0) is 19.8. The van der Waals surface area contributed by atoms with Crippen LogP contribution >= 0.6 is 11.6 Å². The number of hydrogen-bond acceptors (Lipinski definition) is 7. The van der Waals surface area contributed by atoms with Crippen molar-refractivity contribution in [2.75, 3.05) is 24.3 Å². The molecule has 4 rings (SSSR count). The molecule has 0 spiro atoms. The lowest BCUT2D eigenvalue weighted by Gasteiger charge is -2.16. The van der Waals surface area contributed by atoms with Gasteiger partial charge in [-0.15, -0.1) is 15.3 Å². The minimum absolute atomic E-state index is 0.264. The highest BCUT2D eigenvalue weighted by Gasteiger charge is 2.15. The van der Waals surface area contributed by atoms with E-state index in [9.17, 15) is 9.59 Å². The molecule has 0 unspecified atom stereocenters. The van der Waals surface area contributed by atoms with Gasteiger partial charge in [0.25, 0.3) is 5.56 Å². The molecule has 0 bridgehead atoms. The monoisotopic (exact) mass is 398 g/mol. The van der Waals surface area contributed by atoms with Gasteiger partial charge in [0.15, 0.2) is 17.3 Å². The number of nitrogens with one attached hydrogen (secondary N) is 1. The standard InChI is InChI=1S/C17H15ClN8O2/c1-24(2)16-12-7-10(18)3-4-11(12)17(28)25(23-16)8-15(27)20-13-5-6-14-21-19-9-26(14)22-13/h3-7,9H,8H2,1-2H3,(H,20,22,27). The molecule has 0 aliphatic rings. The molecular weight excluding hydrogens is 384 g/mol. The molecule has 0 aliphatic heterocycles. The van der Waals surface area contributed by atoms with Gasteiger partial charge in [-0.2, -0.15) is 9.61 Å². The van der Waals surface area contributed by atoms with Gasteiger partial charge >= 0.3 is 0 Å². The van der Waals surface area contributed by atoms with E-state index in [1.807, 2.05) is 0 Å². The number of carbonyl (C=O) groups is 1. The Hall–Kier alpha value is -3.53. The number of benzene rings is 1. The molecule has 0 atom stereocenters. The van der Waals surface area contributed by atoms with E-state index in [0.29, 0.717) is 33.1 Å². The minimum Gasteiger partial charge on any atom is -0.361 e. The maximum atomic E-state index is 12.8. The van der Waals surface area contributed by atoms with Crippen molar-refractivity contribution in [2.45, 2.75) is 6.54 Å². The predicted octanol–water partition coefficient (Wildman–Crippen LogP) is 1.19. The maximum absolute atomic E-state index is 12.8. The van der Waals surface area contributed by atoms with Crippen LogP contribution in [0.15, 0.2) is 41.5 Å². The maximum Gasteiger partial charge on any atom is 0.275 e. The van der Waals surface area contributed by atoms with E-state index in [0.717, 1.165) is 4.68 Å². The number of nitrogens with zero attached hydrogens (tertiary/aromatic N) is 7. The van der Waals surface area contributed by atoms with Gasteiger partial charge in [0.1, 0.15) is 12.9 Å². The second kappa shape index (κ2) is 6.89. The molecule has 3 aromatic heterocycles. The lowest BCUT2D eigenvalue weighted by Crippen LogP contribution is -2.31. The summed E-state index contributed by atoms with van der Waals surface area (Å²) in [5, 5.41) is 20.3. The zero-order valence-corrected chi connectivity index (χ0v) is 15.8. The van der Waals surface area contributed by atoms with Crippen molar-refractivity contribution >= 4 is 45.6 Å². The Morgan fingerprint density at radius 3 is 2.79 bits per heavy atom. The highest BCUT2D eigenvalue weighted by molar-refractivity contribution is 6.31. The average molecular weight is 399 g/mol. The molecule has 4 aromatic rings. The van der Waals surface area contributed by atoms with Crippen molar-refractivity contribution in [1.82, 2.24) is 29.6 Å². The fourth-order valence-electron chi connectivity index (χ4n) is 2.79. The van der Waals surface area contributed by atoms with E-state index < -0.39 is 5.91 Å². The van der Waals surface area contributed by atoms with Gasteiger partial charge in [0.05, 0.1) is 5.39 Å². The first-order valence-corrected chi connectivity index (χ1v) is 8.65. The second-order valence-electron chi connectivity index (χ2n) is 6.27. The van der Waals surface area contributed by atoms with Crippen LogP contribution in [-0.2, 0) is 11.3 Å². The molecule has 3 heterocycles. The van der Waals surface area contributed by atoms with Crippen LogP contribution in [0.4, 0.5) is 11.6 Å². The molecule has 0 aliphatic carbocycles. The van der Waals surface area contributed by atoms with E-state index in [4.69, 9.17) is 11.6 Å². The van der Waals surface area contributed by atoms with Crippen molar-refractivity contribution in [3.8, 4) is 0 Å². The number of fused-ring (bicyclic) bond motifs is 2. The summed E-state index contributed by atoms with van der Waals surface area (Å²) < 4.78 is 2.56. The van der Waals surface area contributed by atoms with Crippen molar-refractivity contribution in [2.24, 2.45) is 0 Å². The first kappa shape index (κ1) is 17.9. The first-order chi connectivity index (χ1) is 13.4. The normalized spacial score (nSPS) is 11.1. The number of halogens is 1. The zero-order valence-electron chi connectivity index (χ0n) is 15.0. The Bertz CT molecular complexity index is 1260. The SMILES string of the molecule is CN(C)c1nn(CC(=O)Nc2ccc3nncn3n2)c(=O)c2ccc(Cl)cc12. The Kier molecular flexibility index (Phi) is 4.40. The van der Waals surface area contributed by atoms with Gasteiger partial charge < -0.3 is 10.2 Å². The molecule has 0 saturated heterocycles. The average Bonchev–Trinajstić information content (AvgIpc) is 3.11. The van der Waals surface area contributed by atoms with Crippen LogP contribution in [0.2, 0.25) is 5.02 Å². The summed E-state index contributed by atoms with van der Waals surface area (Å²) in [7, 11) is 3.60. The third-order valence-electron chi connectivity index (χ3n) is 4.05. The number of rotatable bonds is 4. The van der Waals surface area contributed by atoms with E-state index in [-0.39, 0.29) is 12.1 Å². The predicted molar refractivity (Wildman–Crippen MR) is 105 cm³/mol. The van der Waals surface area contributed by atoms with Crippen LogP contribution in [0.5, 0.6) is 0 Å². The van der Waals surface area contributed by atoms with Crippen LogP contribution in [0.1, 0.15) is 0 Å². The smallest absolute Gasteiger partial charge is 0.275 e. The Balaban J connectivity index is 1.66. The molecular formula is C17H15ClN8O2. The number of amides is 1. The fraction of sp³-hybridized carbons (Fsp3) is 0.176. The lowest BCUT2D eigenvalue weighted by molar-refractivity contribution is -0.117. The van der Waals surface area contributed by atoms with Gasteiger partial charge in [0, 0.05) is 24.5 Å². The van der Waals surface area contributed by atoms with Crippen LogP contribution < -0.4 is 15.8 Å². The summed E-state index contributed by atoms with van der Waals surface area (Å²) in [5.74, 6) is 0.409. The first-order valence-electron chi connectivity index (χ1n) is 8.27. The Morgan fingerprint density at radius 2 is 2.00 bits per heavy atom. The van der Waals surface area contributed by atoms with E-state index in [2.05, 4.69) is 25.7 Å². The van der Waals surface area contributed by atoms with Gasteiger partial charge in [0.2, 0.25) is 5.91 Å². The third kappa shape index (κ3) is 3.25. The molecule has 0 radical (unpaired) electrons. The Morgan fingerprint density at radius 1 is 1.18 bits per heavy atom. The highest BCUT2D eigenvalue weighted by atomic mass is 35.5. The summed E-state index contributed by atoms with van der Waals surface area (Å²) >= 11 is 6.06. The molecule has 10 nitrogen and oxygen atoms in total. The van der Waals surface area contributed by atoms with Gasteiger partial charge in [-0.05, 0) is 30.3 Å². The van der Waals surface area contributed by atoms with E-state index >= 15 is 0 Å². The van der Waals surface area contributed by atoms with Crippen LogP contribution in [0.25, 0.3) is 16.4 Å². The molecule has 142 valence electrons. The van der Waals surface area contributed by atoms with Crippen LogP contribution in [0.3, 0.4) is 0 Å². The highest BCUT2D eigenvalue weighted by Crippen LogP contribution is 2.23. The van der Waals surface area contributed by atoms with Gasteiger partial charge in [-0.25, -0.2) is 4.68 Å². The number of hydrogen-bond donors (Lipinski definition) is 1. The second-order valence-corrected chi connectivity index (χ2v) is 6.71. The summed E-state index contributed by atoms with van der Waals surface area (Å²) in [6.07, 6.45) is 1.43. The third-order valence-corrected chi connectivity index (χ3v) is 4.28. The summed E-state index contributed by atoms with van der Waals surface area (Å²) in [5.41, 5.74) is 0.175. The van der Waals surface area contributed by atoms with Gasteiger partial charge in [-0.3, -0.25) is 9.59 Å². The topological polar surface area (TPSA) is 110 Å². The lowest BCUT2D eigenvalue weighted by atomic mass is 10.2. The minimum atomic E-state index is -0.437. The number of aromatic nitrogens is 6. The van der Waals surface area contributed by atoms with Crippen LogP contribution in [-0.4, -0.2) is 49.6 Å². The summed E-state index contributed by atoms with van der Waals surface area (Å²) in [6, 6.07) is 8.22. The molecule has 1 amide bonds. The molecule has 11 heteroatoms. The molecule has 0 fully saturated rings. The quantitative estimate of drug-likeness (QED) is 0.549. The molecule has 28 heavy (non-hydrogen) atoms. The number of carbonyl (C=O) groups excluding carboxylic acids is 1. The summed E-state index contributed by atoms with van der Waals surface area (Å²) in [4.78, 5) is 27.0. The van der Waals surface area contributed by atoms with Crippen molar-refractivity contribution in [1.29, 1.82) is 0 Å². The number of anilines is 2. The van der Waals surface area contributed by atoms with Crippen LogP contribution in [0, 0.1) is 0 Å².